The fraction of sp³-hybridized carbons (Fsp3) is 0.444. The van der Waals surface area contributed by atoms with Crippen LogP contribution >= 0.6 is 39.1 Å². The number of aromatic nitrogens is 1. The van der Waals surface area contributed by atoms with Gasteiger partial charge in [-0.05, 0) is 68.4 Å². The lowest BCUT2D eigenvalue weighted by atomic mass is 9.97. The van der Waals surface area contributed by atoms with Gasteiger partial charge in [0.2, 0.25) is 0 Å². The molecule has 2 aromatic carbocycles. The zero-order valence-electron chi connectivity index (χ0n) is 18.9. The average molecular weight is 562 g/mol. The third kappa shape index (κ3) is 4.58. The topological polar surface area (TPSA) is 38.5 Å². The van der Waals surface area contributed by atoms with Crippen LogP contribution in [0.3, 0.4) is 0 Å². The molecule has 1 aromatic heterocycles. The normalized spacial score (nSPS) is 24.6. The summed E-state index contributed by atoms with van der Waals surface area (Å²) >= 11 is 16.6. The number of halogens is 3. The van der Waals surface area contributed by atoms with Gasteiger partial charge in [-0.3, -0.25) is 4.90 Å². The van der Waals surface area contributed by atoms with Crippen molar-refractivity contribution in [3.8, 4) is 11.3 Å². The van der Waals surface area contributed by atoms with Gasteiger partial charge in [-0.2, -0.15) is 0 Å². The van der Waals surface area contributed by atoms with E-state index >= 15 is 0 Å². The molecule has 34 heavy (non-hydrogen) atoms. The Morgan fingerprint density at radius 1 is 0.971 bits per heavy atom. The third-order valence-electron chi connectivity index (χ3n) is 7.55. The Morgan fingerprint density at radius 3 is 2.29 bits per heavy atom. The smallest absolute Gasteiger partial charge is 0.144 e. The van der Waals surface area contributed by atoms with E-state index in [1.807, 2.05) is 18.2 Å². The number of piperidine rings is 1. The van der Waals surface area contributed by atoms with Crippen molar-refractivity contribution in [1.29, 1.82) is 0 Å². The number of fused-ring (bicyclic) bond motifs is 2. The summed E-state index contributed by atoms with van der Waals surface area (Å²) < 4.78 is 13.4. The third-order valence-corrected chi connectivity index (χ3v) is 8.71. The van der Waals surface area contributed by atoms with Crippen molar-refractivity contribution >= 4 is 39.1 Å². The molecule has 2 unspecified atom stereocenters. The lowest BCUT2D eigenvalue weighted by Gasteiger charge is -2.39. The minimum absolute atomic E-state index is 0.306. The maximum Gasteiger partial charge on any atom is 0.144 e. The van der Waals surface area contributed by atoms with Crippen molar-refractivity contribution in [3.05, 3.63) is 73.9 Å². The molecule has 3 fully saturated rings. The molecule has 3 aliphatic rings. The van der Waals surface area contributed by atoms with Gasteiger partial charge in [0, 0.05) is 40.1 Å². The van der Waals surface area contributed by atoms with E-state index in [1.54, 1.807) is 0 Å². The first-order valence-corrected chi connectivity index (χ1v) is 13.7. The van der Waals surface area contributed by atoms with Crippen LogP contribution in [-0.2, 0) is 17.9 Å². The molecule has 6 rings (SSSR count). The van der Waals surface area contributed by atoms with Gasteiger partial charge in [0.05, 0.1) is 22.8 Å². The van der Waals surface area contributed by atoms with Gasteiger partial charge < -0.3 is 9.26 Å². The summed E-state index contributed by atoms with van der Waals surface area (Å²) in [6, 6.07) is 15.0. The van der Waals surface area contributed by atoms with E-state index in [2.05, 4.69) is 50.3 Å². The molecule has 2 saturated heterocycles. The quantitative estimate of drug-likeness (QED) is 0.293. The zero-order valence-corrected chi connectivity index (χ0v) is 22.0. The van der Waals surface area contributed by atoms with Crippen molar-refractivity contribution in [2.45, 2.75) is 75.8 Å². The number of hydrogen-bond donors (Lipinski definition) is 0. The first kappa shape index (κ1) is 23.1. The molecule has 4 nitrogen and oxygen atoms in total. The molecule has 0 radical (unpaired) electrons. The van der Waals surface area contributed by atoms with Gasteiger partial charge in [0.15, 0.2) is 0 Å². The van der Waals surface area contributed by atoms with Gasteiger partial charge in [0.1, 0.15) is 11.5 Å². The van der Waals surface area contributed by atoms with Gasteiger partial charge in [-0.25, -0.2) is 0 Å². The van der Waals surface area contributed by atoms with E-state index in [1.165, 1.54) is 24.0 Å². The van der Waals surface area contributed by atoms with E-state index in [0.29, 0.717) is 40.8 Å². The number of hydrogen-bond acceptors (Lipinski definition) is 4. The van der Waals surface area contributed by atoms with Crippen LogP contribution in [0.4, 0.5) is 0 Å². The molecule has 178 valence electrons. The van der Waals surface area contributed by atoms with Crippen molar-refractivity contribution in [2.75, 3.05) is 0 Å². The molecule has 1 saturated carbocycles. The summed E-state index contributed by atoms with van der Waals surface area (Å²) in [5.41, 5.74) is 3.99. The molecule has 0 amide bonds. The number of nitrogens with zero attached hydrogens (tertiary/aromatic N) is 2. The first-order valence-electron chi connectivity index (χ1n) is 12.1. The number of ether oxygens (including phenoxy) is 1. The largest absolute Gasteiger partial charge is 0.373 e. The maximum atomic E-state index is 6.57. The van der Waals surface area contributed by atoms with Crippen LogP contribution in [0.5, 0.6) is 0 Å². The first-order chi connectivity index (χ1) is 16.6. The lowest BCUT2D eigenvalue weighted by molar-refractivity contribution is -0.0306. The summed E-state index contributed by atoms with van der Waals surface area (Å²) in [5, 5.41) is 5.73. The molecule has 1 aliphatic carbocycles. The molecule has 0 N–H and O–H groups in total. The summed E-state index contributed by atoms with van der Waals surface area (Å²) in [5.74, 6) is 1.50. The Balaban J connectivity index is 1.20. The summed E-state index contributed by atoms with van der Waals surface area (Å²) in [6.07, 6.45) is 7.20. The van der Waals surface area contributed by atoms with Crippen molar-refractivity contribution in [3.63, 3.8) is 0 Å². The van der Waals surface area contributed by atoms with Crippen LogP contribution in [0.15, 0.2) is 51.5 Å². The summed E-state index contributed by atoms with van der Waals surface area (Å²) in [4.78, 5) is 2.66. The number of benzene rings is 2. The molecular formula is C27H27BrCl2N2O2. The average Bonchev–Trinajstić information content (AvgIpc) is 3.55. The van der Waals surface area contributed by atoms with E-state index in [9.17, 15) is 0 Å². The summed E-state index contributed by atoms with van der Waals surface area (Å²) in [7, 11) is 0. The molecule has 2 bridgehead atoms. The number of rotatable bonds is 7. The minimum atomic E-state index is 0.306. The Morgan fingerprint density at radius 2 is 1.65 bits per heavy atom. The zero-order chi connectivity index (χ0) is 23.2. The second kappa shape index (κ2) is 9.59. The molecule has 3 heterocycles. The highest BCUT2D eigenvalue weighted by Crippen LogP contribution is 2.47. The molecule has 0 spiro atoms. The van der Waals surface area contributed by atoms with Gasteiger partial charge in [-0.15, -0.1) is 0 Å². The lowest BCUT2D eigenvalue weighted by Crippen LogP contribution is -2.45. The van der Waals surface area contributed by atoms with Crippen molar-refractivity contribution in [1.82, 2.24) is 10.1 Å². The standard InChI is InChI=1S/C27H27BrCl2N2O2/c28-18-8-4-16(5-9-18)15-33-21-12-19-10-11-20(13-21)32(19)14-22-26(31-34-27(22)17-6-7-17)25-23(29)2-1-3-24(25)30/h1-5,8-9,17,19-21H,6-7,10-15H2. The molecule has 2 atom stereocenters. The molecule has 7 heteroatoms. The highest BCUT2D eigenvalue weighted by molar-refractivity contribution is 9.10. The van der Waals surface area contributed by atoms with Crippen LogP contribution in [0, 0.1) is 0 Å². The van der Waals surface area contributed by atoms with Crippen LogP contribution in [0.1, 0.15) is 61.3 Å². The Kier molecular flexibility index (Phi) is 6.50. The predicted molar refractivity (Wildman–Crippen MR) is 138 cm³/mol. The Hall–Kier alpha value is -1.37. The van der Waals surface area contributed by atoms with E-state index in [-0.39, 0.29) is 0 Å². The van der Waals surface area contributed by atoms with Crippen LogP contribution in [0.25, 0.3) is 11.3 Å². The fourth-order valence-electron chi connectivity index (χ4n) is 5.66. The molecule has 3 aromatic rings. The van der Waals surface area contributed by atoms with Crippen LogP contribution in [-0.4, -0.2) is 28.2 Å². The highest BCUT2D eigenvalue weighted by Gasteiger charge is 2.43. The van der Waals surface area contributed by atoms with Crippen molar-refractivity contribution < 1.29 is 9.26 Å². The monoisotopic (exact) mass is 560 g/mol. The second-order valence-corrected chi connectivity index (χ2v) is 11.6. The van der Waals surface area contributed by atoms with Gasteiger partial charge >= 0.3 is 0 Å². The van der Waals surface area contributed by atoms with Crippen LogP contribution < -0.4 is 0 Å². The minimum Gasteiger partial charge on any atom is -0.373 e. The van der Waals surface area contributed by atoms with E-state index in [0.717, 1.165) is 53.7 Å². The second-order valence-electron chi connectivity index (χ2n) is 9.83. The molecular weight excluding hydrogens is 535 g/mol. The van der Waals surface area contributed by atoms with E-state index in [4.69, 9.17) is 32.5 Å². The molecule has 2 aliphatic heterocycles. The SMILES string of the molecule is Clc1cccc(Cl)c1-c1noc(C2CC2)c1CN1C2CCC1CC(OCc1ccc(Br)cc1)C2. The Bertz CT molecular complexity index is 1140. The fourth-order valence-corrected chi connectivity index (χ4v) is 6.50. The van der Waals surface area contributed by atoms with E-state index < -0.39 is 0 Å². The van der Waals surface area contributed by atoms with Gasteiger partial charge in [-0.1, -0.05) is 62.5 Å². The predicted octanol–water partition coefficient (Wildman–Crippen LogP) is 8.00. The van der Waals surface area contributed by atoms with Crippen LogP contribution in [0.2, 0.25) is 10.0 Å². The maximum absolute atomic E-state index is 6.57. The van der Waals surface area contributed by atoms with Crippen molar-refractivity contribution in [2.24, 2.45) is 0 Å². The highest BCUT2D eigenvalue weighted by atomic mass is 79.9. The summed E-state index contributed by atoms with van der Waals surface area (Å²) in [6.45, 7) is 1.50. The van der Waals surface area contributed by atoms with Gasteiger partial charge in [0.25, 0.3) is 0 Å². The Labute approximate surface area is 218 Å².